The molecule has 3 aromatic rings. The minimum Gasteiger partial charge on any atom is -0.395 e. The van der Waals surface area contributed by atoms with Crippen molar-refractivity contribution in [3.63, 3.8) is 0 Å². The van der Waals surface area contributed by atoms with Gasteiger partial charge in [-0.3, -0.25) is 4.79 Å². The lowest BCUT2D eigenvalue weighted by molar-refractivity contribution is 0.158. The summed E-state index contributed by atoms with van der Waals surface area (Å²) in [5.74, 6) is -4.30. The third-order valence-corrected chi connectivity index (χ3v) is 4.20. The van der Waals surface area contributed by atoms with Crippen molar-refractivity contribution in [3.05, 3.63) is 93.9 Å². The standard InChI is InChI=1S/C19H13F3N4O2/c20-14-9-12(10-15(21)16(14)22)17-18(26-6-7-28-25-26)13(19(27)24-23-17)8-11-4-2-1-3-5-11/h1-7,9-10,25H,8H2,(H,24,27). The molecule has 2 heterocycles. The number of hydrogen-bond donors (Lipinski definition) is 2. The van der Waals surface area contributed by atoms with Gasteiger partial charge in [-0.05, 0) is 17.7 Å². The first-order valence-electron chi connectivity index (χ1n) is 8.22. The third kappa shape index (κ3) is 3.23. The Balaban J connectivity index is 1.93. The number of halogens is 3. The van der Waals surface area contributed by atoms with Crippen molar-refractivity contribution in [2.75, 3.05) is 5.01 Å². The number of nitrogens with one attached hydrogen (secondary N) is 2. The molecule has 1 aliphatic heterocycles. The van der Waals surface area contributed by atoms with E-state index in [1.165, 1.54) is 17.5 Å². The molecule has 1 aromatic heterocycles. The van der Waals surface area contributed by atoms with Crippen molar-refractivity contribution in [1.82, 2.24) is 15.8 Å². The predicted octanol–water partition coefficient (Wildman–Crippen LogP) is 3.17. The van der Waals surface area contributed by atoms with Gasteiger partial charge in [0.2, 0.25) is 0 Å². The molecule has 0 aliphatic carbocycles. The number of aromatic nitrogens is 2. The second kappa shape index (κ2) is 7.20. The average molecular weight is 386 g/mol. The normalized spacial score (nSPS) is 13.0. The number of rotatable bonds is 4. The summed E-state index contributed by atoms with van der Waals surface area (Å²) in [6.45, 7) is 0. The predicted molar refractivity (Wildman–Crippen MR) is 95.3 cm³/mol. The number of H-pyrrole nitrogens is 1. The molecule has 0 atom stereocenters. The molecule has 0 saturated carbocycles. The molecule has 0 unspecified atom stereocenters. The van der Waals surface area contributed by atoms with Gasteiger partial charge in [0, 0.05) is 12.0 Å². The van der Waals surface area contributed by atoms with E-state index in [4.69, 9.17) is 4.84 Å². The number of nitrogens with zero attached hydrogens (tertiary/aromatic N) is 2. The average Bonchev–Trinajstić information content (AvgIpc) is 3.22. The first kappa shape index (κ1) is 17.8. The highest BCUT2D eigenvalue weighted by Crippen LogP contribution is 2.33. The maximum absolute atomic E-state index is 13.8. The lowest BCUT2D eigenvalue weighted by atomic mass is 10.0. The molecule has 2 N–H and O–H groups in total. The summed E-state index contributed by atoms with van der Waals surface area (Å²) in [5, 5.41) is 7.64. The molecule has 28 heavy (non-hydrogen) atoms. The Hall–Kier alpha value is -3.59. The van der Waals surface area contributed by atoms with E-state index < -0.39 is 23.0 Å². The fraction of sp³-hybridized carbons (Fsp3) is 0.0526. The van der Waals surface area contributed by atoms with Gasteiger partial charge in [0.25, 0.3) is 5.56 Å². The van der Waals surface area contributed by atoms with E-state index in [-0.39, 0.29) is 28.9 Å². The molecule has 6 nitrogen and oxygen atoms in total. The monoisotopic (exact) mass is 386 g/mol. The molecule has 0 fully saturated rings. The van der Waals surface area contributed by atoms with E-state index in [1.54, 1.807) is 0 Å². The molecule has 0 spiro atoms. The van der Waals surface area contributed by atoms with Crippen LogP contribution in [0.3, 0.4) is 0 Å². The number of benzene rings is 2. The lowest BCUT2D eigenvalue weighted by Crippen LogP contribution is -2.32. The van der Waals surface area contributed by atoms with Gasteiger partial charge >= 0.3 is 0 Å². The quantitative estimate of drug-likeness (QED) is 0.674. The number of aromatic amines is 1. The molecule has 2 aromatic carbocycles. The fourth-order valence-corrected chi connectivity index (χ4v) is 2.92. The van der Waals surface area contributed by atoms with Gasteiger partial charge in [-0.2, -0.15) is 5.10 Å². The minimum atomic E-state index is -1.58. The summed E-state index contributed by atoms with van der Waals surface area (Å²) in [4.78, 5) is 17.5. The van der Waals surface area contributed by atoms with Gasteiger partial charge in [-0.15, -0.1) is 0 Å². The van der Waals surface area contributed by atoms with Gasteiger partial charge in [0.15, 0.2) is 17.5 Å². The zero-order valence-electron chi connectivity index (χ0n) is 14.2. The van der Waals surface area contributed by atoms with Crippen LogP contribution in [0.4, 0.5) is 18.9 Å². The Morgan fingerprint density at radius 3 is 2.43 bits per heavy atom. The Labute approximate surface area is 156 Å². The molecule has 142 valence electrons. The summed E-state index contributed by atoms with van der Waals surface area (Å²) in [6.07, 6.45) is 3.02. The van der Waals surface area contributed by atoms with Crippen LogP contribution in [0.2, 0.25) is 0 Å². The van der Waals surface area contributed by atoms with Crippen LogP contribution in [-0.2, 0) is 11.3 Å². The molecule has 1 aliphatic rings. The third-order valence-electron chi connectivity index (χ3n) is 4.20. The summed E-state index contributed by atoms with van der Waals surface area (Å²) in [5.41, 5.74) is 3.42. The maximum atomic E-state index is 13.8. The van der Waals surface area contributed by atoms with Crippen LogP contribution in [0.1, 0.15) is 11.1 Å². The van der Waals surface area contributed by atoms with Gasteiger partial charge < -0.3 is 4.84 Å². The van der Waals surface area contributed by atoms with Crippen molar-refractivity contribution >= 4 is 5.69 Å². The lowest BCUT2D eigenvalue weighted by Gasteiger charge is -2.20. The second-order valence-electron chi connectivity index (χ2n) is 6.01. The Morgan fingerprint density at radius 1 is 1.07 bits per heavy atom. The smallest absolute Gasteiger partial charge is 0.269 e. The van der Waals surface area contributed by atoms with Crippen LogP contribution < -0.4 is 16.2 Å². The van der Waals surface area contributed by atoms with E-state index in [0.29, 0.717) is 0 Å². The van der Waals surface area contributed by atoms with Crippen LogP contribution in [0, 0.1) is 17.5 Å². The topological polar surface area (TPSA) is 70.2 Å². The highest BCUT2D eigenvalue weighted by molar-refractivity contribution is 5.78. The van der Waals surface area contributed by atoms with E-state index in [9.17, 15) is 18.0 Å². The van der Waals surface area contributed by atoms with Crippen molar-refractivity contribution in [1.29, 1.82) is 0 Å². The number of hydrazine groups is 1. The van der Waals surface area contributed by atoms with Crippen LogP contribution in [-0.4, -0.2) is 10.2 Å². The Morgan fingerprint density at radius 2 is 1.79 bits per heavy atom. The van der Waals surface area contributed by atoms with Crippen LogP contribution in [0.15, 0.2) is 59.7 Å². The summed E-state index contributed by atoms with van der Waals surface area (Å²) < 4.78 is 40.9. The largest absolute Gasteiger partial charge is 0.395 e. The van der Waals surface area contributed by atoms with E-state index in [2.05, 4.69) is 15.8 Å². The molecule has 0 amide bonds. The highest BCUT2D eigenvalue weighted by atomic mass is 19.2. The maximum Gasteiger partial charge on any atom is 0.269 e. The zero-order valence-corrected chi connectivity index (χ0v) is 14.2. The number of anilines is 1. The first-order valence-corrected chi connectivity index (χ1v) is 8.22. The molecule has 0 radical (unpaired) electrons. The van der Waals surface area contributed by atoms with Crippen LogP contribution >= 0.6 is 0 Å². The fourth-order valence-electron chi connectivity index (χ4n) is 2.92. The van der Waals surface area contributed by atoms with Gasteiger partial charge in [-0.25, -0.2) is 23.3 Å². The van der Waals surface area contributed by atoms with Crippen molar-refractivity contribution in [3.8, 4) is 11.3 Å². The number of hydrogen-bond acceptors (Lipinski definition) is 5. The van der Waals surface area contributed by atoms with E-state index >= 15 is 0 Å². The van der Waals surface area contributed by atoms with Crippen LogP contribution in [0.25, 0.3) is 11.3 Å². The Bertz CT molecular complexity index is 1090. The Kier molecular flexibility index (Phi) is 4.58. The van der Waals surface area contributed by atoms with E-state index in [0.717, 1.165) is 17.7 Å². The van der Waals surface area contributed by atoms with Crippen molar-refractivity contribution in [2.45, 2.75) is 6.42 Å². The zero-order chi connectivity index (χ0) is 19.7. The minimum absolute atomic E-state index is 0.0425. The van der Waals surface area contributed by atoms with Crippen molar-refractivity contribution in [2.24, 2.45) is 0 Å². The molecular weight excluding hydrogens is 373 g/mol. The van der Waals surface area contributed by atoms with Crippen molar-refractivity contribution < 1.29 is 18.0 Å². The van der Waals surface area contributed by atoms with Gasteiger partial charge in [0.05, 0.1) is 17.5 Å². The first-order chi connectivity index (χ1) is 13.5. The van der Waals surface area contributed by atoms with Gasteiger partial charge in [0.1, 0.15) is 12.0 Å². The van der Waals surface area contributed by atoms with Gasteiger partial charge in [-0.1, -0.05) is 35.9 Å². The molecule has 0 saturated heterocycles. The second-order valence-corrected chi connectivity index (χ2v) is 6.01. The summed E-state index contributed by atoms with van der Waals surface area (Å²) in [6, 6.07) is 10.8. The molecular formula is C19H13F3N4O2. The van der Waals surface area contributed by atoms with Crippen LogP contribution in [0.5, 0.6) is 0 Å². The summed E-state index contributed by atoms with van der Waals surface area (Å²) >= 11 is 0. The summed E-state index contributed by atoms with van der Waals surface area (Å²) in [7, 11) is 0. The molecule has 0 bridgehead atoms. The molecule has 9 heteroatoms. The highest BCUT2D eigenvalue weighted by Gasteiger charge is 2.24. The molecule has 4 rings (SSSR count). The van der Waals surface area contributed by atoms with E-state index in [1.807, 2.05) is 30.3 Å². The SMILES string of the molecule is O=c1[nH]nc(-c2cc(F)c(F)c(F)c2)c(N2C=CON2)c1Cc1ccccc1.